The summed E-state index contributed by atoms with van der Waals surface area (Å²) >= 11 is 0. The molecule has 0 bridgehead atoms. The zero-order chi connectivity index (χ0) is 9.94. The predicted molar refractivity (Wildman–Crippen MR) is 50.8 cm³/mol. The van der Waals surface area contributed by atoms with Crippen LogP contribution in [0.3, 0.4) is 0 Å². The van der Waals surface area contributed by atoms with Crippen LogP contribution in [0.25, 0.3) is 0 Å². The van der Waals surface area contributed by atoms with Gasteiger partial charge in [0.15, 0.2) is 0 Å². The van der Waals surface area contributed by atoms with E-state index in [-0.39, 0.29) is 11.5 Å². The SMILES string of the molecule is CC(C)[C@H](NC(N)=O)C(C)(C)C. The number of carbonyl (C=O) groups is 1. The molecule has 0 saturated carbocycles. The van der Waals surface area contributed by atoms with Gasteiger partial charge in [-0.05, 0) is 11.3 Å². The van der Waals surface area contributed by atoms with Crippen molar-refractivity contribution in [2.75, 3.05) is 0 Å². The minimum Gasteiger partial charge on any atom is -0.352 e. The van der Waals surface area contributed by atoms with Crippen molar-refractivity contribution in [1.82, 2.24) is 5.32 Å². The van der Waals surface area contributed by atoms with Gasteiger partial charge in [0.05, 0.1) is 0 Å². The largest absolute Gasteiger partial charge is 0.352 e. The highest BCUT2D eigenvalue weighted by molar-refractivity contribution is 5.72. The molecule has 0 spiro atoms. The van der Waals surface area contributed by atoms with Crippen LogP contribution in [0.4, 0.5) is 4.79 Å². The van der Waals surface area contributed by atoms with Gasteiger partial charge in [-0.1, -0.05) is 34.6 Å². The van der Waals surface area contributed by atoms with Gasteiger partial charge >= 0.3 is 6.03 Å². The second kappa shape index (κ2) is 3.78. The van der Waals surface area contributed by atoms with Crippen LogP contribution in [0, 0.1) is 11.3 Å². The van der Waals surface area contributed by atoms with E-state index in [1.54, 1.807) is 0 Å². The van der Waals surface area contributed by atoms with Crippen LogP contribution in [-0.4, -0.2) is 12.1 Å². The van der Waals surface area contributed by atoms with Crippen LogP contribution in [0.15, 0.2) is 0 Å². The summed E-state index contributed by atoms with van der Waals surface area (Å²) in [6.45, 7) is 10.4. The average molecular weight is 172 g/mol. The van der Waals surface area contributed by atoms with E-state index < -0.39 is 6.03 Å². The van der Waals surface area contributed by atoms with Crippen LogP contribution >= 0.6 is 0 Å². The van der Waals surface area contributed by atoms with Gasteiger partial charge < -0.3 is 11.1 Å². The zero-order valence-electron chi connectivity index (χ0n) is 8.64. The lowest BCUT2D eigenvalue weighted by atomic mass is 9.80. The summed E-state index contributed by atoms with van der Waals surface area (Å²) in [7, 11) is 0. The Labute approximate surface area is 74.7 Å². The van der Waals surface area contributed by atoms with E-state index in [0.29, 0.717) is 5.92 Å². The van der Waals surface area contributed by atoms with Gasteiger partial charge in [-0.25, -0.2) is 4.79 Å². The summed E-state index contributed by atoms with van der Waals surface area (Å²) in [5.74, 6) is 0.400. The van der Waals surface area contributed by atoms with Crippen molar-refractivity contribution < 1.29 is 4.79 Å². The number of nitrogens with one attached hydrogen (secondary N) is 1. The van der Waals surface area contributed by atoms with E-state index in [1.807, 2.05) is 0 Å². The van der Waals surface area contributed by atoms with Gasteiger partial charge in [-0.15, -0.1) is 0 Å². The van der Waals surface area contributed by atoms with E-state index in [0.717, 1.165) is 0 Å². The van der Waals surface area contributed by atoms with Gasteiger partial charge in [0, 0.05) is 6.04 Å². The van der Waals surface area contributed by atoms with Crippen LogP contribution in [0.2, 0.25) is 0 Å². The van der Waals surface area contributed by atoms with Crippen molar-refractivity contribution >= 4 is 6.03 Å². The minimum absolute atomic E-state index is 0.0587. The highest BCUT2D eigenvalue weighted by atomic mass is 16.2. The first-order chi connectivity index (χ1) is 5.25. The maximum atomic E-state index is 10.7. The molecule has 0 aromatic rings. The Kier molecular flexibility index (Phi) is 3.55. The van der Waals surface area contributed by atoms with Gasteiger partial charge in [-0.3, -0.25) is 0 Å². The maximum Gasteiger partial charge on any atom is 0.312 e. The van der Waals surface area contributed by atoms with Gasteiger partial charge in [0.25, 0.3) is 0 Å². The summed E-state index contributed by atoms with van der Waals surface area (Å²) in [4.78, 5) is 10.7. The van der Waals surface area contributed by atoms with E-state index in [1.165, 1.54) is 0 Å². The molecule has 2 amide bonds. The normalized spacial score (nSPS) is 14.5. The monoisotopic (exact) mass is 172 g/mol. The number of rotatable bonds is 2. The molecule has 0 unspecified atom stereocenters. The second-order valence-electron chi connectivity index (χ2n) is 4.60. The molecule has 3 N–H and O–H groups in total. The molecule has 3 heteroatoms. The first kappa shape index (κ1) is 11.3. The molecule has 0 aliphatic heterocycles. The number of nitrogens with two attached hydrogens (primary N) is 1. The van der Waals surface area contributed by atoms with Crippen LogP contribution < -0.4 is 11.1 Å². The maximum absolute atomic E-state index is 10.7. The first-order valence-corrected chi connectivity index (χ1v) is 4.31. The number of hydrogen-bond donors (Lipinski definition) is 2. The average Bonchev–Trinajstić information content (AvgIpc) is 1.79. The fraction of sp³-hybridized carbons (Fsp3) is 0.889. The molecule has 1 atom stereocenters. The molecule has 0 aliphatic rings. The molecule has 0 saturated heterocycles. The van der Waals surface area contributed by atoms with Gasteiger partial charge in [0.2, 0.25) is 0 Å². The number of hydrogen-bond acceptors (Lipinski definition) is 1. The molecule has 3 nitrogen and oxygen atoms in total. The summed E-state index contributed by atoms with van der Waals surface area (Å²) < 4.78 is 0. The van der Waals surface area contributed by atoms with E-state index in [2.05, 4.69) is 39.9 Å². The topological polar surface area (TPSA) is 55.1 Å². The Bertz CT molecular complexity index is 158. The molecule has 0 aromatic heterocycles. The number of amides is 2. The summed E-state index contributed by atoms with van der Waals surface area (Å²) in [6, 6.07) is -0.307. The van der Waals surface area contributed by atoms with Crippen molar-refractivity contribution in [3.63, 3.8) is 0 Å². The number of carbonyl (C=O) groups excluding carboxylic acids is 1. The Balaban J connectivity index is 4.35. The first-order valence-electron chi connectivity index (χ1n) is 4.31. The fourth-order valence-corrected chi connectivity index (χ4v) is 1.54. The summed E-state index contributed by atoms with van der Waals surface area (Å²) in [6.07, 6.45) is 0. The molecular weight excluding hydrogens is 152 g/mol. The highest BCUT2D eigenvalue weighted by Crippen LogP contribution is 2.24. The van der Waals surface area contributed by atoms with Crippen LogP contribution in [-0.2, 0) is 0 Å². The minimum atomic E-state index is -0.441. The number of primary amides is 1. The number of urea groups is 1. The van der Waals surface area contributed by atoms with E-state index >= 15 is 0 Å². The Morgan fingerprint density at radius 3 is 1.83 bits per heavy atom. The molecular formula is C9H20N2O. The molecule has 0 rings (SSSR count). The molecule has 0 aromatic carbocycles. The van der Waals surface area contributed by atoms with Crippen molar-refractivity contribution in [3.8, 4) is 0 Å². The predicted octanol–water partition coefficient (Wildman–Crippen LogP) is 1.73. The zero-order valence-corrected chi connectivity index (χ0v) is 8.64. The van der Waals surface area contributed by atoms with Crippen molar-refractivity contribution in [3.05, 3.63) is 0 Å². The Morgan fingerprint density at radius 1 is 1.33 bits per heavy atom. The quantitative estimate of drug-likeness (QED) is 0.654. The Hall–Kier alpha value is -0.730. The van der Waals surface area contributed by atoms with Crippen LogP contribution in [0.1, 0.15) is 34.6 Å². The molecule has 0 fully saturated rings. The highest BCUT2D eigenvalue weighted by Gasteiger charge is 2.27. The third-order valence-corrected chi connectivity index (χ3v) is 1.90. The lowest BCUT2D eigenvalue weighted by Crippen LogP contribution is -2.49. The van der Waals surface area contributed by atoms with Gasteiger partial charge in [-0.2, -0.15) is 0 Å². The van der Waals surface area contributed by atoms with Crippen molar-refractivity contribution in [1.29, 1.82) is 0 Å². The molecule has 12 heavy (non-hydrogen) atoms. The molecule has 0 radical (unpaired) electrons. The molecule has 0 heterocycles. The molecule has 0 aliphatic carbocycles. The van der Waals surface area contributed by atoms with E-state index in [4.69, 9.17) is 5.73 Å². The van der Waals surface area contributed by atoms with Crippen molar-refractivity contribution in [2.24, 2.45) is 17.1 Å². The lowest BCUT2D eigenvalue weighted by molar-refractivity contribution is 0.200. The lowest BCUT2D eigenvalue weighted by Gasteiger charge is -2.33. The standard InChI is InChI=1S/C9H20N2O/c1-6(2)7(9(3,4)5)11-8(10)12/h6-7H,1-5H3,(H3,10,11,12)/t7-/m0/s1. The van der Waals surface area contributed by atoms with Crippen molar-refractivity contribution in [2.45, 2.75) is 40.7 Å². The van der Waals surface area contributed by atoms with E-state index in [9.17, 15) is 4.79 Å². The van der Waals surface area contributed by atoms with Crippen LogP contribution in [0.5, 0.6) is 0 Å². The van der Waals surface area contributed by atoms with Gasteiger partial charge in [0.1, 0.15) is 0 Å². The second-order valence-corrected chi connectivity index (χ2v) is 4.60. The third-order valence-electron chi connectivity index (χ3n) is 1.90. The molecule has 72 valence electrons. The third kappa shape index (κ3) is 3.60. The smallest absolute Gasteiger partial charge is 0.312 e. The summed E-state index contributed by atoms with van der Waals surface area (Å²) in [5, 5.41) is 2.76. The Morgan fingerprint density at radius 2 is 1.75 bits per heavy atom. The fourth-order valence-electron chi connectivity index (χ4n) is 1.54. The summed E-state index contributed by atoms with van der Waals surface area (Å²) in [5.41, 5.74) is 5.14.